The molecular weight excluding hydrogens is 270 g/mol. The van der Waals surface area contributed by atoms with Crippen molar-refractivity contribution in [3.63, 3.8) is 0 Å². The van der Waals surface area contributed by atoms with Crippen molar-refractivity contribution >= 4 is 52.1 Å². The molecule has 2 rings (SSSR count). The number of hydrogen-bond donors (Lipinski definition) is 0. The second-order valence-electron chi connectivity index (χ2n) is 3.41. The molecule has 0 aromatic heterocycles. The summed E-state index contributed by atoms with van der Waals surface area (Å²) in [6, 6.07) is 3.21. The number of carbonyl (C=O) groups excluding carboxylic acids is 1. The van der Waals surface area contributed by atoms with E-state index in [0.717, 1.165) is 5.71 Å². The van der Waals surface area contributed by atoms with Crippen molar-refractivity contribution in [1.82, 2.24) is 0 Å². The number of rotatable bonds is 1. The van der Waals surface area contributed by atoms with Crippen LogP contribution in [0.5, 0.6) is 0 Å². The summed E-state index contributed by atoms with van der Waals surface area (Å²) in [5, 5.41) is 6.15. The van der Waals surface area contributed by atoms with Crippen molar-refractivity contribution in [2.75, 3.05) is 5.01 Å². The van der Waals surface area contributed by atoms with E-state index in [-0.39, 0.29) is 16.0 Å². The van der Waals surface area contributed by atoms with Crippen molar-refractivity contribution in [3.05, 3.63) is 27.2 Å². The molecule has 3 nitrogen and oxygen atoms in total. The molecule has 0 saturated carbocycles. The zero-order chi connectivity index (χ0) is 11.9. The largest absolute Gasteiger partial charge is 0.272 e. The van der Waals surface area contributed by atoms with E-state index >= 15 is 0 Å². The lowest BCUT2D eigenvalue weighted by atomic mass is 10.3. The van der Waals surface area contributed by atoms with E-state index in [9.17, 15) is 4.79 Å². The number of hydrogen-bond acceptors (Lipinski definition) is 2. The second-order valence-corrected chi connectivity index (χ2v) is 4.58. The first-order valence-corrected chi connectivity index (χ1v) is 5.64. The summed E-state index contributed by atoms with van der Waals surface area (Å²) in [6.45, 7) is 1.78. The molecule has 1 aromatic carbocycles. The van der Waals surface area contributed by atoms with Crippen LogP contribution in [0.3, 0.4) is 0 Å². The van der Waals surface area contributed by atoms with Gasteiger partial charge in [0, 0.05) is 5.71 Å². The molecule has 0 bridgehead atoms. The van der Waals surface area contributed by atoms with Crippen LogP contribution in [0.15, 0.2) is 17.2 Å². The van der Waals surface area contributed by atoms with Crippen molar-refractivity contribution in [1.29, 1.82) is 0 Å². The molecule has 0 atom stereocenters. The summed E-state index contributed by atoms with van der Waals surface area (Å²) in [4.78, 5) is 11.6. The average Bonchev–Trinajstić information content (AvgIpc) is 2.55. The minimum atomic E-state index is -0.127. The van der Waals surface area contributed by atoms with Gasteiger partial charge in [-0.05, 0) is 19.1 Å². The second kappa shape index (κ2) is 4.24. The quantitative estimate of drug-likeness (QED) is 0.719. The molecule has 0 aliphatic carbocycles. The van der Waals surface area contributed by atoms with Crippen LogP contribution in [0.1, 0.15) is 13.3 Å². The van der Waals surface area contributed by atoms with Gasteiger partial charge in [-0.2, -0.15) is 10.1 Å². The van der Waals surface area contributed by atoms with Crippen LogP contribution >= 0.6 is 34.8 Å². The third-order valence-electron chi connectivity index (χ3n) is 2.16. The highest BCUT2D eigenvalue weighted by Gasteiger charge is 2.25. The number of carbonyl (C=O) groups is 1. The number of benzene rings is 1. The van der Waals surface area contributed by atoms with Crippen molar-refractivity contribution < 1.29 is 4.79 Å². The van der Waals surface area contributed by atoms with E-state index in [4.69, 9.17) is 34.8 Å². The van der Waals surface area contributed by atoms with Crippen molar-refractivity contribution in [2.45, 2.75) is 13.3 Å². The maximum atomic E-state index is 11.6. The van der Waals surface area contributed by atoms with Crippen LogP contribution in [0, 0.1) is 0 Å². The van der Waals surface area contributed by atoms with E-state index in [1.165, 1.54) is 5.01 Å². The monoisotopic (exact) mass is 276 g/mol. The molecule has 0 fully saturated rings. The van der Waals surface area contributed by atoms with E-state index in [0.29, 0.717) is 17.1 Å². The van der Waals surface area contributed by atoms with Crippen LogP contribution in [-0.4, -0.2) is 11.6 Å². The van der Waals surface area contributed by atoms with Gasteiger partial charge in [0.25, 0.3) is 5.91 Å². The van der Waals surface area contributed by atoms with Gasteiger partial charge in [0.1, 0.15) is 0 Å². The maximum Gasteiger partial charge on any atom is 0.253 e. The smallest absolute Gasteiger partial charge is 0.253 e. The van der Waals surface area contributed by atoms with E-state index < -0.39 is 0 Å². The summed E-state index contributed by atoms with van der Waals surface area (Å²) < 4.78 is 0. The molecule has 1 heterocycles. The van der Waals surface area contributed by atoms with E-state index in [2.05, 4.69) is 5.10 Å². The summed E-state index contributed by atoms with van der Waals surface area (Å²) in [5.41, 5.74) is 1.20. The van der Waals surface area contributed by atoms with Gasteiger partial charge in [-0.1, -0.05) is 34.8 Å². The lowest BCUT2D eigenvalue weighted by Gasteiger charge is -2.14. The molecule has 1 aromatic rings. The van der Waals surface area contributed by atoms with E-state index in [1.54, 1.807) is 19.1 Å². The number of anilines is 1. The first-order chi connectivity index (χ1) is 7.50. The predicted octanol–water partition coefficient (Wildman–Crippen LogP) is 3.76. The van der Waals surface area contributed by atoms with Gasteiger partial charge >= 0.3 is 0 Å². The fourth-order valence-corrected chi connectivity index (χ4v) is 2.03. The fraction of sp³-hybridized carbons (Fsp3) is 0.200. The van der Waals surface area contributed by atoms with Gasteiger partial charge in [-0.15, -0.1) is 0 Å². The molecule has 1 aliphatic rings. The maximum absolute atomic E-state index is 11.6. The van der Waals surface area contributed by atoms with Gasteiger partial charge in [-0.25, -0.2) is 0 Å². The highest BCUT2D eigenvalue weighted by molar-refractivity contribution is 6.49. The first kappa shape index (κ1) is 11.7. The highest BCUT2D eigenvalue weighted by atomic mass is 35.5. The number of nitrogens with zero attached hydrogens (tertiary/aromatic N) is 2. The average molecular weight is 278 g/mol. The standard InChI is InChI=1S/C10H7Cl3N2O/c1-5-4-8(16)15(14-5)7-3-2-6(11)9(12)10(7)13/h2-3H,4H2,1H3. The molecule has 0 spiro atoms. The minimum Gasteiger partial charge on any atom is -0.272 e. The molecule has 0 unspecified atom stereocenters. The highest BCUT2D eigenvalue weighted by Crippen LogP contribution is 2.38. The predicted molar refractivity (Wildman–Crippen MR) is 66.7 cm³/mol. The zero-order valence-corrected chi connectivity index (χ0v) is 10.6. The molecule has 1 amide bonds. The zero-order valence-electron chi connectivity index (χ0n) is 8.30. The SMILES string of the molecule is CC1=NN(c2ccc(Cl)c(Cl)c2Cl)C(=O)C1. The first-order valence-electron chi connectivity index (χ1n) is 4.51. The third-order valence-corrected chi connectivity index (χ3v) is 3.44. The van der Waals surface area contributed by atoms with Crippen molar-refractivity contribution in [2.24, 2.45) is 5.10 Å². The molecule has 0 saturated heterocycles. The van der Waals surface area contributed by atoms with Crippen LogP contribution < -0.4 is 5.01 Å². The number of amides is 1. The van der Waals surface area contributed by atoms with Crippen LogP contribution in [0.4, 0.5) is 5.69 Å². The molecule has 1 aliphatic heterocycles. The molecule has 0 N–H and O–H groups in total. The lowest BCUT2D eigenvalue weighted by Crippen LogP contribution is -2.19. The van der Waals surface area contributed by atoms with Gasteiger partial charge in [0.2, 0.25) is 0 Å². The Morgan fingerprint density at radius 1 is 1.25 bits per heavy atom. The summed E-state index contributed by atoms with van der Waals surface area (Å²) in [5.74, 6) is -0.127. The summed E-state index contributed by atoms with van der Waals surface area (Å²) >= 11 is 17.7. The Hall–Kier alpha value is -0.770. The Bertz CT molecular complexity index is 499. The number of hydrazone groups is 1. The Balaban J connectivity index is 2.50. The Morgan fingerprint density at radius 3 is 2.50 bits per heavy atom. The van der Waals surface area contributed by atoms with Crippen LogP contribution in [0.25, 0.3) is 0 Å². The third kappa shape index (κ3) is 1.90. The Morgan fingerprint density at radius 2 is 1.94 bits per heavy atom. The normalized spacial score (nSPS) is 15.6. The van der Waals surface area contributed by atoms with Gasteiger partial charge in [0.15, 0.2) is 0 Å². The van der Waals surface area contributed by atoms with Gasteiger partial charge in [-0.3, -0.25) is 4.79 Å². The van der Waals surface area contributed by atoms with Crippen molar-refractivity contribution in [3.8, 4) is 0 Å². The minimum absolute atomic E-state index is 0.127. The fourth-order valence-electron chi connectivity index (χ4n) is 1.42. The van der Waals surface area contributed by atoms with E-state index in [1.807, 2.05) is 0 Å². The molecular formula is C10H7Cl3N2O. The van der Waals surface area contributed by atoms with Crippen LogP contribution in [0.2, 0.25) is 15.1 Å². The lowest BCUT2D eigenvalue weighted by molar-refractivity contribution is -0.116. The molecule has 84 valence electrons. The number of halogens is 3. The summed E-state index contributed by atoms with van der Waals surface area (Å²) in [7, 11) is 0. The van der Waals surface area contributed by atoms with Gasteiger partial charge < -0.3 is 0 Å². The van der Waals surface area contributed by atoms with Crippen LogP contribution in [-0.2, 0) is 4.79 Å². The Labute approximate surface area is 108 Å². The van der Waals surface area contributed by atoms with Gasteiger partial charge in [0.05, 0.1) is 27.2 Å². The summed E-state index contributed by atoms with van der Waals surface area (Å²) in [6.07, 6.45) is 0.302. The molecule has 16 heavy (non-hydrogen) atoms. The molecule has 0 radical (unpaired) electrons. The topological polar surface area (TPSA) is 32.7 Å². The Kier molecular flexibility index (Phi) is 3.10. The molecule has 6 heteroatoms.